The number of nitrogens with one attached hydrogen (secondary N) is 1. The van der Waals surface area contributed by atoms with E-state index in [0.717, 1.165) is 25.7 Å². The van der Waals surface area contributed by atoms with Crippen LogP contribution in [0.15, 0.2) is 15.4 Å². The molecule has 1 aromatic heterocycles. The third-order valence-corrected chi connectivity index (χ3v) is 5.00. The van der Waals surface area contributed by atoms with Gasteiger partial charge in [0, 0.05) is 12.6 Å². The summed E-state index contributed by atoms with van der Waals surface area (Å²) in [6.45, 7) is 5.92. The Morgan fingerprint density at radius 1 is 1.40 bits per heavy atom. The van der Waals surface area contributed by atoms with Crippen LogP contribution in [-0.2, 0) is 16.6 Å². The molecule has 0 amide bonds. The van der Waals surface area contributed by atoms with E-state index in [1.807, 2.05) is 0 Å². The largest absolute Gasteiger partial charge is 0.462 e. The van der Waals surface area contributed by atoms with Gasteiger partial charge in [0.25, 0.3) is 0 Å². The van der Waals surface area contributed by atoms with Crippen LogP contribution in [0.3, 0.4) is 0 Å². The Morgan fingerprint density at radius 2 is 2.10 bits per heavy atom. The van der Waals surface area contributed by atoms with Crippen LogP contribution in [0.4, 0.5) is 0 Å². The van der Waals surface area contributed by atoms with Crippen LogP contribution >= 0.6 is 0 Å². The topological polar surface area (TPSA) is 79.5 Å². The summed E-state index contributed by atoms with van der Waals surface area (Å²) in [5.41, 5.74) is 0. The molecule has 0 aliphatic rings. The average Bonchev–Trinajstić information content (AvgIpc) is 2.81. The lowest BCUT2D eigenvalue weighted by Gasteiger charge is -2.15. The van der Waals surface area contributed by atoms with Gasteiger partial charge in [-0.1, -0.05) is 33.1 Å². The standard InChI is InChI=1S/C14H25NO4S/c1-4-6-7-12(5-2)9-15-20(17,18)14-8-13(10-16)19-11(14)3/h8,12,15-16H,4-7,9-10H2,1-3H3. The van der Waals surface area contributed by atoms with Crippen LogP contribution in [0.1, 0.15) is 51.1 Å². The summed E-state index contributed by atoms with van der Waals surface area (Å²) < 4.78 is 32.3. The van der Waals surface area contributed by atoms with Crippen molar-refractivity contribution in [2.45, 2.75) is 58.0 Å². The van der Waals surface area contributed by atoms with E-state index in [9.17, 15) is 8.42 Å². The zero-order chi connectivity index (χ0) is 15.2. The molecule has 1 unspecified atom stereocenters. The molecule has 0 spiro atoms. The highest BCUT2D eigenvalue weighted by Gasteiger charge is 2.22. The Kier molecular flexibility index (Phi) is 6.71. The second kappa shape index (κ2) is 7.81. The molecule has 1 rings (SSSR count). The van der Waals surface area contributed by atoms with Crippen molar-refractivity contribution < 1.29 is 17.9 Å². The molecule has 0 radical (unpaired) electrons. The fourth-order valence-electron chi connectivity index (χ4n) is 2.12. The van der Waals surface area contributed by atoms with Gasteiger partial charge in [0.05, 0.1) is 0 Å². The fraction of sp³-hybridized carbons (Fsp3) is 0.714. The zero-order valence-corrected chi connectivity index (χ0v) is 13.3. The van der Waals surface area contributed by atoms with Crippen LogP contribution in [0.5, 0.6) is 0 Å². The van der Waals surface area contributed by atoms with Crippen molar-refractivity contribution >= 4 is 10.0 Å². The minimum absolute atomic E-state index is 0.117. The van der Waals surface area contributed by atoms with E-state index >= 15 is 0 Å². The first-order valence-electron chi connectivity index (χ1n) is 7.14. The molecule has 2 N–H and O–H groups in total. The highest BCUT2D eigenvalue weighted by atomic mass is 32.2. The van der Waals surface area contributed by atoms with Gasteiger partial charge in [0.1, 0.15) is 23.0 Å². The molecular formula is C14H25NO4S. The fourth-order valence-corrected chi connectivity index (χ4v) is 3.43. The molecule has 0 bridgehead atoms. The van der Waals surface area contributed by atoms with Crippen molar-refractivity contribution in [3.63, 3.8) is 0 Å². The lowest BCUT2D eigenvalue weighted by Crippen LogP contribution is -2.29. The molecular weight excluding hydrogens is 278 g/mol. The Hall–Kier alpha value is -0.850. The van der Waals surface area contributed by atoms with Gasteiger partial charge >= 0.3 is 0 Å². The Bertz CT molecular complexity index is 507. The van der Waals surface area contributed by atoms with Crippen LogP contribution < -0.4 is 4.72 Å². The molecule has 1 atom stereocenters. The second-order valence-corrected chi connectivity index (χ2v) is 6.80. The Labute approximate surface area is 121 Å². The number of rotatable bonds is 9. The maximum atomic E-state index is 12.2. The summed E-state index contributed by atoms with van der Waals surface area (Å²) in [5.74, 6) is 0.929. The van der Waals surface area contributed by atoms with E-state index in [1.54, 1.807) is 6.92 Å². The molecule has 0 saturated carbocycles. The first-order chi connectivity index (χ1) is 9.44. The number of sulfonamides is 1. The second-order valence-electron chi connectivity index (χ2n) is 5.06. The first kappa shape index (κ1) is 17.2. The van der Waals surface area contributed by atoms with E-state index < -0.39 is 10.0 Å². The third-order valence-electron chi connectivity index (χ3n) is 3.47. The maximum Gasteiger partial charge on any atom is 0.244 e. The lowest BCUT2D eigenvalue weighted by atomic mass is 10.00. The SMILES string of the molecule is CCCCC(CC)CNS(=O)(=O)c1cc(CO)oc1C. The van der Waals surface area contributed by atoms with Crippen molar-refractivity contribution in [1.29, 1.82) is 0 Å². The summed E-state index contributed by atoms with van der Waals surface area (Å²) in [4.78, 5) is 0.117. The molecule has 116 valence electrons. The highest BCUT2D eigenvalue weighted by Crippen LogP contribution is 2.20. The van der Waals surface area contributed by atoms with Gasteiger partial charge in [0.15, 0.2) is 0 Å². The van der Waals surface area contributed by atoms with Crippen molar-refractivity contribution in [3.8, 4) is 0 Å². The number of hydrogen-bond acceptors (Lipinski definition) is 4. The normalized spacial score (nSPS) is 13.6. The highest BCUT2D eigenvalue weighted by molar-refractivity contribution is 7.89. The Balaban J connectivity index is 2.71. The van der Waals surface area contributed by atoms with E-state index in [0.29, 0.717) is 18.2 Å². The number of aryl methyl sites for hydroxylation is 1. The van der Waals surface area contributed by atoms with Gasteiger partial charge in [-0.05, 0) is 19.3 Å². The zero-order valence-electron chi connectivity index (χ0n) is 12.5. The van der Waals surface area contributed by atoms with Crippen molar-refractivity contribution in [2.75, 3.05) is 6.54 Å². The first-order valence-corrected chi connectivity index (χ1v) is 8.62. The number of aliphatic hydroxyl groups excluding tert-OH is 1. The molecule has 0 aliphatic heterocycles. The molecule has 6 heteroatoms. The lowest BCUT2D eigenvalue weighted by molar-refractivity contribution is 0.244. The average molecular weight is 303 g/mol. The van der Waals surface area contributed by atoms with Crippen LogP contribution in [-0.4, -0.2) is 20.1 Å². The molecule has 5 nitrogen and oxygen atoms in total. The van der Waals surface area contributed by atoms with Crippen LogP contribution in [0, 0.1) is 12.8 Å². The quantitative estimate of drug-likeness (QED) is 0.735. The molecule has 0 saturated heterocycles. The monoisotopic (exact) mass is 303 g/mol. The van der Waals surface area contributed by atoms with Gasteiger partial charge < -0.3 is 9.52 Å². The minimum Gasteiger partial charge on any atom is -0.462 e. The number of unbranched alkanes of at least 4 members (excludes halogenated alkanes) is 1. The molecule has 0 aliphatic carbocycles. The van der Waals surface area contributed by atoms with E-state index in [2.05, 4.69) is 18.6 Å². The van der Waals surface area contributed by atoms with E-state index in [4.69, 9.17) is 9.52 Å². The summed E-state index contributed by atoms with van der Waals surface area (Å²) in [6.07, 6.45) is 4.21. The van der Waals surface area contributed by atoms with Crippen molar-refractivity contribution in [2.24, 2.45) is 5.92 Å². The number of hydrogen-bond donors (Lipinski definition) is 2. The van der Waals surface area contributed by atoms with Crippen LogP contribution in [0.25, 0.3) is 0 Å². The predicted octanol–water partition coefficient (Wildman–Crippen LogP) is 2.58. The third kappa shape index (κ3) is 4.61. The summed E-state index contributed by atoms with van der Waals surface area (Å²) >= 11 is 0. The molecule has 1 aromatic rings. The van der Waals surface area contributed by atoms with E-state index in [-0.39, 0.29) is 17.3 Å². The smallest absolute Gasteiger partial charge is 0.244 e. The van der Waals surface area contributed by atoms with Gasteiger partial charge in [-0.25, -0.2) is 13.1 Å². The number of aliphatic hydroxyl groups is 1. The van der Waals surface area contributed by atoms with Gasteiger partial charge in [-0.3, -0.25) is 0 Å². The van der Waals surface area contributed by atoms with Crippen LogP contribution in [0.2, 0.25) is 0 Å². The summed E-state index contributed by atoms with van der Waals surface area (Å²) in [5, 5.41) is 8.99. The minimum atomic E-state index is -3.57. The number of furan rings is 1. The Morgan fingerprint density at radius 3 is 2.60 bits per heavy atom. The summed E-state index contributed by atoms with van der Waals surface area (Å²) in [7, 11) is -3.57. The molecule has 1 heterocycles. The molecule has 20 heavy (non-hydrogen) atoms. The summed E-state index contributed by atoms with van der Waals surface area (Å²) in [6, 6.07) is 1.38. The molecule has 0 aromatic carbocycles. The van der Waals surface area contributed by atoms with Gasteiger partial charge in [0.2, 0.25) is 10.0 Å². The van der Waals surface area contributed by atoms with Gasteiger partial charge in [-0.15, -0.1) is 0 Å². The van der Waals surface area contributed by atoms with E-state index in [1.165, 1.54) is 6.07 Å². The van der Waals surface area contributed by atoms with Crippen molar-refractivity contribution in [1.82, 2.24) is 4.72 Å². The molecule has 0 fully saturated rings. The van der Waals surface area contributed by atoms with Crippen molar-refractivity contribution in [3.05, 3.63) is 17.6 Å². The van der Waals surface area contributed by atoms with Gasteiger partial charge in [-0.2, -0.15) is 0 Å². The predicted molar refractivity (Wildman–Crippen MR) is 77.9 cm³/mol. The maximum absolute atomic E-state index is 12.2.